The first-order valence-corrected chi connectivity index (χ1v) is 6.88. The Morgan fingerprint density at radius 1 is 1.33 bits per heavy atom. The Hall–Kier alpha value is -0.900. The second-order valence-electron chi connectivity index (χ2n) is 3.83. The predicted molar refractivity (Wildman–Crippen MR) is 62.6 cm³/mol. The molecule has 0 radical (unpaired) electrons. The van der Waals surface area contributed by atoms with Gasteiger partial charge in [-0.25, -0.2) is 4.98 Å². The van der Waals surface area contributed by atoms with Crippen molar-refractivity contribution in [1.82, 2.24) is 4.98 Å². The minimum atomic E-state index is -0.995. The highest BCUT2D eigenvalue weighted by molar-refractivity contribution is 7.84. The van der Waals surface area contributed by atoms with Crippen LogP contribution in [0.25, 0.3) is 0 Å². The molecule has 82 valence electrons. The summed E-state index contributed by atoms with van der Waals surface area (Å²) in [5.74, 6) is 0. The fourth-order valence-corrected chi connectivity index (χ4v) is 2.68. The molecule has 1 saturated heterocycles. The molecule has 2 rings (SSSR count). The predicted octanol–water partition coefficient (Wildman–Crippen LogP) is 1.81. The lowest BCUT2D eigenvalue weighted by atomic mass is 10.1. The van der Waals surface area contributed by atoms with Gasteiger partial charge in [0.25, 0.3) is 0 Å². The molecule has 1 fully saturated rings. The molecule has 1 aromatic heterocycles. The first-order chi connectivity index (χ1) is 7.29. The maximum atomic E-state index is 11.5. The highest BCUT2D eigenvalue weighted by atomic mass is 32.2. The van der Waals surface area contributed by atoms with E-state index >= 15 is 0 Å². The van der Waals surface area contributed by atoms with Gasteiger partial charge >= 0.3 is 0 Å². The molecule has 0 spiro atoms. The van der Waals surface area contributed by atoms with E-state index in [4.69, 9.17) is 0 Å². The van der Waals surface area contributed by atoms with Gasteiger partial charge in [-0.2, -0.15) is 0 Å². The number of pyridine rings is 1. The number of anilines is 1. The largest absolute Gasteiger partial charge is 0.369 e. The molecule has 4 heteroatoms. The maximum absolute atomic E-state index is 11.5. The Kier molecular flexibility index (Phi) is 3.36. The van der Waals surface area contributed by atoms with Gasteiger partial charge < -0.3 is 4.90 Å². The third-order valence-electron chi connectivity index (χ3n) is 2.72. The normalized spacial score (nSPS) is 18.9. The molecule has 1 aliphatic heterocycles. The number of rotatable bonds is 2. The van der Waals surface area contributed by atoms with Crippen LogP contribution in [0.1, 0.15) is 19.3 Å². The van der Waals surface area contributed by atoms with Crippen LogP contribution < -0.4 is 4.90 Å². The lowest BCUT2D eigenvalue weighted by Gasteiger charge is -2.29. The Morgan fingerprint density at radius 3 is 2.73 bits per heavy atom. The van der Waals surface area contributed by atoms with Gasteiger partial charge in [0.2, 0.25) is 0 Å². The first kappa shape index (κ1) is 10.6. The molecule has 0 amide bonds. The van der Waals surface area contributed by atoms with Crippen LogP contribution in [-0.4, -0.2) is 28.5 Å². The third kappa shape index (κ3) is 2.37. The van der Waals surface area contributed by atoms with Gasteiger partial charge in [-0.15, -0.1) is 0 Å². The van der Waals surface area contributed by atoms with Gasteiger partial charge in [0.15, 0.2) is 0 Å². The Balaban J connectivity index is 2.29. The minimum absolute atomic E-state index is 0.722. The molecule has 0 saturated carbocycles. The zero-order chi connectivity index (χ0) is 10.7. The summed E-state index contributed by atoms with van der Waals surface area (Å²) in [6.45, 7) is 2.13. The molecule has 3 nitrogen and oxygen atoms in total. The molecule has 15 heavy (non-hydrogen) atoms. The van der Waals surface area contributed by atoms with Crippen LogP contribution >= 0.6 is 0 Å². The molecule has 1 aromatic rings. The molecule has 0 bridgehead atoms. The van der Waals surface area contributed by atoms with Crippen LogP contribution in [0.3, 0.4) is 0 Å². The van der Waals surface area contributed by atoms with Crippen molar-refractivity contribution in [1.29, 1.82) is 0 Å². The lowest BCUT2D eigenvalue weighted by Crippen LogP contribution is -2.30. The first-order valence-electron chi connectivity index (χ1n) is 5.32. The molecular formula is C11H16N2OS. The van der Waals surface area contributed by atoms with Crippen molar-refractivity contribution in [3.63, 3.8) is 0 Å². The summed E-state index contributed by atoms with van der Waals surface area (Å²) in [5, 5.41) is 0.722. The van der Waals surface area contributed by atoms with Crippen LogP contribution in [0.2, 0.25) is 0 Å². The van der Waals surface area contributed by atoms with E-state index < -0.39 is 10.8 Å². The smallest absolute Gasteiger partial charge is 0.150 e. The van der Waals surface area contributed by atoms with Gasteiger partial charge in [0.1, 0.15) is 5.03 Å². The molecule has 0 aliphatic carbocycles. The van der Waals surface area contributed by atoms with E-state index in [2.05, 4.69) is 9.88 Å². The van der Waals surface area contributed by atoms with E-state index in [0.717, 1.165) is 23.8 Å². The standard InChI is InChI=1S/C11H16N2OS/c1-15(14)11-10(6-5-7-12-11)13-8-3-2-4-9-13/h5-7H,2-4,8-9H2,1H3. The van der Waals surface area contributed by atoms with Gasteiger partial charge in [-0.05, 0) is 31.4 Å². The molecule has 1 unspecified atom stereocenters. The van der Waals surface area contributed by atoms with E-state index in [0.29, 0.717) is 0 Å². The monoisotopic (exact) mass is 224 g/mol. The summed E-state index contributed by atoms with van der Waals surface area (Å²) in [5.41, 5.74) is 1.05. The van der Waals surface area contributed by atoms with Crippen molar-refractivity contribution in [3.8, 4) is 0 Å². The van der Waals surface area contributed by atoms with Crippen molar-refractivity contribution in [3.05, 3.63) is 18.3 Å². The molecule has 0 N–H and O–H groups in total. The highest BCUT2D eigenvalue weighted by Crippen LogP contribution is 2.24. The molecule has 2 heterocycles. The van der Waals surface area contributed by atoms with Crippen molar-refractivity contribution in [2.24, 2.45) is 0 Å². The Bertz CT molecular complexity index is 361. The summed E-state index contributed by atoms with van der Waals surface area (Å²) in [6.07, 6.45) is 7.16. The van der Waals surface area contributed by atoms with Gasteiger partial charge in [0.05, 0.1) is 16.5 Å². The fourth-order valence-electron chi connectivity index (χ4n) is 1.98. The second-order valence-corrected chi connectivity index (χ2v) is 5.12. The molecular weight excluding hydrogens is 208 g/mol. The van der Waals surface area contributed by atoms with E-state index in [1.54, 1.807) is 12.5 Å². The van der Waals surface area contributed by atoms with Gasteiger partial charge in [0, 0.05) is 25.5 Å². The molecule has 0 aromatic carbocycles. The van der Waals surface area contributed by atoms with Crippen LogP contribution in [0.15, 0.2) is 23.4 Å². The van der Waals surface area contributed by atoms with Crippen LogP contribution in [-0.2, 0) is 10.8 Å². The van der Waals surface area contributed by atoms with E-state index in [1.807, 2.05) is 12.1 Å². The summed E-state index contributed by atoms with van der Waals surface area (Å²) in [6, 6.07) is 3.94. The van der Waals surface area contributed by atoms with Crippen molar-refractivity contribution in [2.75, 3.05) is 24.2 Å². The summed E-state index contributed by atoms with van der Waals surface area (Å²) in [4.78, 5) is 6.51. The van der Waals surface area contributed by atoms with E-state index in [1.165, 1.54) is 19.3 Å². The van der Waals surface area contributed by atoms with Crippen molar-refractivity contribution < 1.29 is 4.21 Å². The number of hydrogen-bond donors (Lipinski definition) is 0. The molecule has 1 aliphatic rings. The highest BCUT2D eigenvalue weighted by Gasteiger charge is 2.16. The lowest BCUT2D eigenvalue weighted by molar-refractivity contribution is 0.573. The fraction of sp³-hybridized carbons (Fsp3) is 0.545. The zero-order valence-electron chi connectivity index (χ0n) is 8.98. The minimum Gasteiger partial charge on any atom is -0.369 e. The topological polar surface area (TPSA) is 33.2 Å². The van der Waals surface area contributed by atoms with Crippen LogP contribution in [0.4, 0.5) is 5.69 Å². The van der Waals surface area contributed by atoms with Crippen LogP contribution in [0, 0.1) is 0 Å². The Morgan fingerprint density at radius 2 is 2.07 bits per heavy atom. The zero-order valence-corrected chi connectivity index (χ0v) is 9.80. The van der Waals surface area contributed by atoms with Gasteiger partial charge in [-0.1, -0.05) is 0 Å². The maximum Gasteiger partial charge on any atom is 0.150 e. The molecule has 1 atom stereocenters. The second kappa shape index (κ2) is 4.75. The SMILES string of the molecule is CS(=O)c1ncccc1N1CCCCC1. The average Bonchev–Trinajstić information content (AvgIpc) is 2.30. The summed E-state index contributed by atoms with van der Waals surface area (Å²) < 4.78 is 11.5. The van der Waals surface area contributed by atoms with Crippen molar-refractivity contribution in [2.45, 2.75) is 24.3 Å². The van der Waals surface area contributed by atoms with E-state index in [9.17, 15) is 4.21 Å². The number of piperidine rings is 1. The number of nitrogens with zero attached hydrogens (tertiary/aromatic N) is 2. The average molecular weight is 224 g/mol. The summed E-state index contributed by atoms with van der Waals surface area (Å²) in [7, 11) is -0.995. The summed E-state index contributed by atoms with van der Waals surface area (Å²) >= 11 is 0. The van der Waals surface area contributed by atoms with Gasteiger partial charge in [-0.3, -0.25) is 4.21 Å². The number of hydrogen-bond acceptors (Lipinski definition) is 3. The Labute approximate surface area is 93.0 Å². The van der Waals surface area contributed by atoms with E-state index in [-0.39, 0.29) is 0 Å². The van der Waals surface area contributed by atoms with Crippen molar-refractivity contribution >= 4 is 16.5 Å². The quantitative estimate of drug-likeness (QED) is 0.768. The van der Waals surface area contributed by atoms with Crippen LogP contribution in [0.5, 0.6) is 0 Å². The number of aromatic nitrogens is 1. The third-order valence-corrected chi connectivity index (χ3v) is 3.58.